The predicted molar refractivity (Wildman–Crippen MR) is 61.4 cm³/mol. The van der Waals surface area contributed by atoms with Crippen molar-refractivity contribution in [3.05, 3.63) is 17.5 Å². The number of H-pyrrole nitrogens is 1. The van der Waals surface area contributed by atoms with Crippen LogP contribution in [0.15, 0.2) is 6.20 Å². The third-order valence-corrected chi connectivity index (χ3v) is 2.65. The molecule has 0 bridgehead atoms. The van der Waals surface area contributed by atoms with Crippen LogP contribution in [0.2, 0.25) is 0 Å². The van der Waals surface area contributed by atoms with Crippen molar-refractivity contribution >= 4 is 5.97 Å². The number of aromatic amines is 1. The SMILES string of the molecule is CCC(NCCCc1cn[nH]c1C)C(=O)O. The summed E-state index contributed by atoms with van der Waals surface area (Å²) < 4.78 is 0. The summed E-state index contributed by atoms with van der Waals surface area (Å²) in [4.78, 5) is 10.7. The van der Waals surface area contributed by atoms with Gasteiger partial charge in [-0.05, 0) is 38.3 Å². The molecule has 0 saturated carbocycles. The molecule has 1 aromatic heterocycles. The summed E-state index contributed by atoms with van der Waals surface area (Å²) in [5, 5.41) is 18.7. The Morgan fingerprint density at radius 2 is 2.44 bits per heavy atom. The van der Waals surface area contributed by atoms with Crippen molar-refractivity contribution in [1.29, 1.82) is 0 Å². The average molecular weight is 225 g/mol. The molecule has 0 radical (unpaired) electrons. The molecule has 0 fully saturated rings. The average Bonchev–Trinajstić information content (AvgIpc) is 2.64. The molecule has 1 aromatic rings. The van der Waals surface area contributed by atoms with E-state index in [1.54, 1.807) is 0 Å². The van der Waals surface area contributed by atoms with E-state index in [-0.39, 0.29) is 0 Å². The molecule has 16 heavy (non-hydrogen) atoms. The molecule has 0 aliphatic carbocycles. The number of nitrogens with zero attached hydrogens (tertiary/aromatic N) is 1. The summed E-state index contributed by atoms with van der Waals surface area (Å²) >= 11 is 0. The van der Waals surface area contributed by atoms with Gasteiger partial charge in [-0.2, -0.15) is 5.10 Å². The fraction of sp³-hybridized carbons (Fsp3) is 0.636. The third kappa shape index (κ3) is 3.66. The van der Waals surface area contributed by atoms with E-state index in [2.05, 4.69) is 15.5 Å². The van der Waals surface area contributed by atoms with Crippen LogP contribution >= 0.6 is 0 Å². The molecule has 0 aliphatic heterocycles. The van der Waals surface area contributed by atoms with Gasteiger partial charge in [-0.1, -0.05) is 6.92 Å². The number of nitrogens with one attached hydrogen (secondary N) is 2. The van der Waals surface area contributed by atoms with Crippen LogP contribution in [-0.2, 0) is 11.2 Å². The first-order chi connectivity index (χ1) is 7.65. The van der Waals surface area contributed by atoms with Crippen molar-refractivity contribution in [3.8, 4) is 0 Å². The van der Waals surface area contributed by atoms with Gasteiger partial charge >= 0.3 is 5.97 Å². The minimum Gasteiger partial charge on any atom is -0.480 e. The Hall–Kier alpha value is -1.36. The van der Waals surface area contributed by atoms with Gasteiger partial charge in [0.1, 0.15) is 6.04 Å². The van der Waals surface area contributed by atoms with Crippen LogP contribution in [0, 0.1) is 6.92 Å². The Balaban J connectivity index is 2.21. The van der Waals surface area contributed by atoms with Gasteiger partial charge in [0.15, 0.2) is 0 Å². The van der Waals surface area contributed by atoms with Crippen LogP contribution in [0.3, 0.4) is 0 Å². The highest BCUT2D eigenvalue weighted by atomic mass is 16.4. The molecule has 1 atom stereocenters. The standard InChI is InChI=1S/C11H19N3O2/c1-3-10(11(15)16)12-6-4-5-9-7-13-14-8(9)2/h7,10,12H,3-6H2,1-2H3,(H,13,14)(H,15,16). The second-order valence-corrected chi connectivity index (χ2v) is 3.88. The largest absolute Gasteiger partial charge is 0.480 e. The highest BCUT2D eigenvalue weighted by Crippen LogP contribution is 2.05. The van der Waals surface area contributed by atoms with E-state index >= 15 is 0 Å². The van der Waals surface area contributed by atoms with E-state index in [9.17, 15) is 4.79 Å². The number of aromatic nitrogens is 2. The highest BCUT2D eigenvalue weighted by Gasteiger charge is 2.12. The molecule has 1 rings (SSSR count). The lowest BCUT2D eigenvalue weighted by Crippen LogP contribution is -2.36. The molecular weight excluding hydrogens is 206 g/mol. The maximum atomic E-state index is 10.7. The topological polar surface area (TPSA) is 78.0 Å². The lowest BCUT2D eigenvalue weighted by atomic mass is 10.1. The van der Waals surface area contributed by atoms with Crippen LogP contribution in [0.4, 0.5) is 0 Å². The van der Waals surface area contributed by atoms with Gasteiger partial charge in [-0.25, -0.2) is 0 Å². The number of aryl methyl sites for hydroxylation is 2. The van der Waals surface area contributed by atoms with E-state index < -0.39 is 12.0 Å². The first kappa shape index (κ1) is 12.7. The Morgan fingerprint density at radius 3 is 2.94 bits per heavy atom. The first-order valence-electron chi connectivity index (χ1n) is 5.60. The maximum absolute atomic E-state index is 10.7. The quantitative estimate of drug-likeness (QED) is 0.607. The van der Waals surface area contributed by atoms with E-state index in [0.717, 1.165) is 25.1 Å². The molecule has 1 heterocycles. The van der Waals surface area contributed by atoms with Crippen molar-refractivity contribution in [2.75, 3.05) is 6.54 Å². The van der Waals surface area contributed by atoms with Crippen molar-refractivity contribution in [2.24, 2.45) is 0 Å². The van der Waals surface area contributed by atoms with Gasteiger partial charge in [0, 0.05) is 5.69 Å². The highest BCUT2D eigenvalue weighted by molar-refractivity contribution is 5.73. The van der Waals surface area contributed by atoms with Gasteiger partial charge in [0.05, 0.1) is 6.20 Å². The first-order valence-corrected chi connectivity index (χ1v) is 5.60. The number of hydrogen-bond donors (Lipinski definition) is 3. The second kappa shape index (κ2) is 6.27. The lowest BCUT2D eigenvalue weighted by molar-refractivity contribution is -0.139. The van der Waals surface area contributed by atoms with E-state index in [4.69, 9.17) is 5.11 Å². The van der Waals surface area contributed by atoms with Gasteiger partial charge in [0.25, 0.3) is 0 Å². The Kier molecular flexibility index (Phi) is 4.98. The monoisotopic (exact) mass is 225 g/mol. The van der Waals surface area contributed by atoms with Gasteiger partial charge in [0.2, 0.25) is 0 Å². The molecule has 0 amide bonds. The molecule has 0 aromatic carbocycles. The van der Waals surface area contributed by atoms with Crippen LogP contribution in [0.5, 0.6) is 0 Å². The summed E-state index contributed by atoms with van der Waals surface area (Å²) in [6.07, 6.45) is 4.28. The summed E-state index contributed by atoms with van der Waals surface area (Å²) in [5.41, 5.74) is 2.29. The van der Waals surface area contributed by atoms with Gasteiger partial charge in [-0.3, -0.25) is 9.89 Å². The molecule has 1 unspecified atom stereocenters. The van der Waals surface area contributed by atoms with Crippen molar-refractivity contribution < 1.29 is 9.90 Å². The van der Waals surface area contributed by atoms with Gasteiger partial charge < -0.3 is 10.4 Å². The minimum absolute atomic E-state index is 0.426. The second-order valence-electron chi connectivity index (χ2n) is 3.88. The van der Waals surface area contributed by atoms with Crippen molar-refractivity contribution in [1.82, 2.24) is 15.5 Å². The Bertz CT molecular complexity index is 336. The number of carbonyl (C=O) groups is 1. The summed E-state index contributed by atoms with van der Waals surface area (Å²) in [7, 11) is 0. The molecule has 5 heteroatoms. The zero-order chi connectivity index (χ0) is 12.0. The third-order valence-electron chi connectivity index (χ3n) is 2.65. The normalized spacial score (nSPS) is 12.6. The zero-order valence-electron chi connectivity index (χ0n) is 9.79. The van der Waals surface area contributed by atoms with Crippen molar-refractivity contribution in [2.45, 2.75) is 39.2 Å². The zero-order valence-corrected chi connectivity index (χ0v) is 9.79. The van der Waals surface area contributed by atoms with E-state index in [0.29, 0.717) is 6.42 Å². The Labute approximate surface area is 95.3 Å². The van der Waals surface area contributed by atoms with Gasteiger partial charge in [-0.15, -0.1) is 0 Å². The molecule has 5 nitrogen and oxygen atoms in total. The number of aliphatic carboxylic acids is 1. The smallest absolute Gasteiger partial charge is 0.320 e. The Morgan fingerprint density at radius 1 is 1.69 bits per heavy atom. The molecule has 0 aliphatic rings. The van der Waals surface area contributed by atoms with E-state index in [1.165, 1.54) is 5.56 Å². The number of carboxylic acid groups (broad SMARTS) is 1. The fourth-order valence-electron chi connectivity index (χ4n) is 1.59. The number of hydrogen-bond acceptors (Lipinski definition) is 3. The summed E-state index contributed by atoms with van der Waals surface area (Å²) in [6, 6.07) is -0.426. The summed E-state index contributed by atoms with van der Waals surface area (Å²) in [5.74, 6) is -0.776. The molecular formula is C11H19N3O2. The minimum atomic E-state index is -0.776. The summed E-state index contributed by atoms with van der Waals surface area (Å²) in [6.45, 7) is 4.57. The van der Waals surface area contributed by atoms with E-state index in [1.807, 2.05) is 20.0 Å². The van der Waals surface area contributed by atoms with Crippen LogP contribution < -0.4 is 5.32 Å². The fourth-order valence-corrected chi connectivity index (χ4v) is 1.59. The maximum Gasteiger partial charge on any atom is 0.320 e. The van der Waals surface area contributed by atoms with Crippen LogP contribution in [-0.4, -0.2) is 33.9 Å². The van der Waals surface area contributed by atoms with Crippen LogP contribution in [0.25, 0.3) is 0 Å². The molecule has 0 saturated heterocycles. The predicted octanol–water partition coefficient (Wildman–Crippen LogP) is 1.10. The van der Waals surface area contributed by atoms with Crippen molar-refractivity contribution in [3.63, 3.8) is 0 Å². The van der Waals surface area contributed by atoms with Crippen LogP contribution in [0.1, 0.15) is 31.0 Å². The molecule has 0 spiro atoms. The number of carboxylic acids is 1. The molecule has 3 N–H and O–H groups in total. The number of rotatable bonds is 7. The molecule has 90 valence electrons. The lowest BCUT2D eigenvalue weighted by Gasteiger charge is -2.11.